The van der Waals surface area contributed by atoms with E-state index in [0.717, 1.165) is 31.7 Å². The average Bonchev–Trinajstić information content (AvgIpc) is 2.64. The number of nitrogens with zero attached hydrogens (tertiary/aromatic N) is 3. The maximum Gasteiger partial charge on any atom is 0.0929 e. The second-order valence-corrected chi connectivity index (χ2v) is 4.38. The third-order valence-electron chi connectivity index (χ3n) is 3.26. The molecule has 0 atom stereocenters. The van der Waals surface area contributed by atoms with Crippen LogP contribution < -0.4 is 0 Å². The third-order valence-corrected chi connectivity index (χ3v) is 3.26. The number of aromatic nitrogens is 2. The van der Waals surface area contributed by atoms with Crippen molar-refractivity contribution in [3.8, 4) is 0 Å². The molecule has 0 fully saturated rings. The Labute approximate surface area is 102 Å². The van der Waals surface area contributed by atoms with Gasteiger partial charge in [0.05, 0.1) is 18.9 Å². The molecular weight excluding hydrogens is 218 g/mol. The minimum Gasteiger partial charge on any atom is -0.395 e. The molecule has 0 aromatic carbocycles. The van der Waals surface area contributed by atoms with Crippen molar-refractivity contribution in [3.63, 3.8) is 0 Å². The zero-order valence-corrected chi connectivity index (χ0v) is 10.6. The van der Waals surface area contributed by atoms with Gasteiger partial charge in [0.1, 0.15) is 0 Å². The van der Waals surface area contributed by atoms with E-state index in [0.29, 0.717) is 13.2 Å². The molecule has 0 bridgehead atoms. The van der Waals surface area contributed by atoms with Crippen LogP contribution in [0.3, 0.4) is 0 Å². The first-order chi connectivity index (χ1) is 8.26. The first-order valence-corrected chi connectivity index (χ1v) is 6.20. The first kappa shape index (κ1) is 12.5. The van der Waals surface area contributed by atoms with Crippen molar-refractivity contribution >= 4 is 0 Å². The Bertz CT molecular complexity index is 376. The van der Waals surface area contributed by atoms with Gasteiger partial charge in [-0.2, -0.15) is 5.10 Å². The topological polar surface area (TPSA) is 50.5 Å². The Hall–Kier alpha value is -0.910. The Kier molecular flexibility index (Phi) is 4.15. The molecule has 17 heavy (non-hydrogen) atoms. The Morgan fingerprint density at radius 3 is 3.00 bits per heavy atom. The summed E-state index contributed by atoms with van der Waals surface area (Å²) in [5.41, 5.74) is 3.65. The van der Waals surface area contributed by atoms with Gasteiger partial charge in [-0.05, 0) is 6.92 Å². The van der Waals surface area contributed by atoms with Gasteiger partial charge < -0.3 is 9.84 Å². The van der Waals surface area contributed by atoms with E-state index in [9.17, 15) is 0 Å². The van der Waals surface area contributed by atoms with Crippen molar-refractivity contribution < 1.29 is 9.84 Å². The predicted octanol–water partition coefficient (Wildman–Crippen LogP) is 0.307. The lowest BCUT2D eigenvalue weighted by Gasteiger charge is -2.26. The highest BCUT2D eigenvalue weighted by atomic mass is 16.5. The first-order valence-electron chi connectivity index (χ1n) is 6.20. The molecule has 96 valence electrons. The SMILES string of the molecule is CCOCc1nn(C)c2c1CN(CCO)CC2. The van der Waals surface area contributed by atoms with E-state index >= 15 is 0 Å². The van der Waals surface area contributed by atoms with Gasteiger partial charge in [-0.1, -0.05) is 0 Å². The molecule has 1 N–H and O–H groups in total. The lowest BCUT2D eigenvalue weighted by molar-refractivity contribution is 0.128. The molecule has 0 spiro atoms. The highest BCUT2D eigenvalue weighted by molar-refractivity contribution is 5.28. The van der Waals surface area contributed by atoms with Crippen LogP contribution in [-0.2, 0) is 31.4 Å². The second kappa shape index (κ2) is 5.62. The quantitative estimate of drug-likeness (QED) is 0.803. The highest BCUT2D eigenvalue weighted by Crippen LogP contribution is 2.22. The normalized spacial score (nSPS) is 16.2. The van der Waals surface area contributed by atoms with Crippen molar-refractivity contribution in [2.75, 3.05) is 26.3 Å². The number of aryl methyl sites for hydroxylation is 1. The number of hydrogen-bond acceptors (Lipinski definition) is 4. The summed E-state index contributed by atoms with van der Waals surface area (Å²) >= 11 is 0. The van der Waals surface area contributed by atoms with Gasteiger partial charge in [-0.15, -0.1) is 0 Å². The molecule has 1 aliphatic rings. The van der Waals surface area contributed by atoms with Crippen LogP contribution in [0.5, 0.6) is 0 Å². The molecule has 0 unspecified atom stereocenters. The number of aliphatic hydroxyl groups excluding tert-OH is 1. The van der Waals surface area contributed by atoms with Crippen molar-refractivity contribution in [1.82, 2.24) is 14.7 Å². The number of hydrogen-bond donors (Lipinski definition) is 1. The average molecular weight is 239 g/mol. The van der Waals surface area contributed by atoms with Crippen molar-refractivity contribution in [3.05, 3.63) is 17.0 Å². The Balaban J connectivity index is 2.15. The number of β-amino-alcohol motifs (C(OH)–C–C–N with tert-alkyl or cyclic N) is 1. The van der Waals surface area contributed by atoms with Gasteiger partial charge >= 0.3 is 0 Å². The molecule has 1 aliphatic heterocycles. The van der Waals surface area contributed by atoms with E-state index in [1.807, 2.05) is 18.7 Å². The van der Waals surface area contributed by atoms with E-state index in [1.54, 1.807) is 0 Å². The number of rotatable bonds is 5. The minimum absolute atomic E-state index is 0.219. The van der Waals surface area contributed by atoms with E-state index in [1.165, 1.54) is 11.3 Å². The summed E-state index contributed by atoms with van der Waals surface area (Å²) in [6, 6.07) is 0. The van der Waals surface area contributed by atoms with Crippen LogP contribution in [0.25, 0.3) is 0 Å². The summed E-state index contributed by atoms with van der Waals surface area (Å²) in [6.45, 7) is 6.14. The molecule has 0 saturated heterocycles. The third kappa shape index (κ3) is 2.68. The monoisotopic (exact) mass is 239 g/mol. The molecule has 2 rings (SSSR count). The molecule has 0 saturated carbocycles. The van der Waals surface area contributed by atoms with Crippen molar-refractivity contribution in [2.24, 2.45) is 7.05 Å². The van der Waals surface area contributed by atoms with Gasteiger partial charge in [-0.3, -0.25) is 9.58 Å². The maximum absolute atomic E-state index is 9.00. The zero-order chi connectivity index (χ0) is 12.3. The number of aliphatic hydroxyl groups is 1. The van der Waals surface area contributed by atoms with Crippen molar-refractivity contribution in [2.45, 2.75) is 26.5 Å². The van der Waals surface area contributed by atoms with Gasteiger partial charge in [0, 0.05) is 51.0 Å². The summed E-state index contributed by atoms with van der Waals surface area (Å²) in [5.74, 6) is 0. The summed E-state index contributed by atoms with van der Waals surface area (Å²) in [4.78, 5) is 2.26. The summed E-state index contributed by atoms with van der Waals surface area (Å²) in [5, 5.41) is 13.5. The summed E-state index contributed by atoms with van der Waals surface area (Å²) in [7, 11) is 2.00. The van der Waals surface area contributed by atoms with E-state index < -0.39 is 0 Å². The van der Waals surface area contributed by atoms with Crippen LogP contribution in [0.4, 0.5) is 0 Å². The molecule has 5 heteroatoms. The zero-order valence-electron chi connectivity index (χ0n) is 10.6. The summed E-state index contributed by atoms with van der Waals surface area (Å²) in [6.07, 6.45) is 1.00. The summed E-state index contributed by atoms with van der Waals surface area (Å²) < 4.78 is 7.42. The standard InChI is InChI=1S/C12H21N3O2/c1-3-17-9-11-10-8-15(6-7-16)5-4-12(10)14(2)13-11/h16H,3-9H2,1-2H3. The molecule has 0 aliphatic carbocycles. The van der Waals surface area contributed by atoms with Gasteiger partial charge in [0.25, 0.3) is 0 Å². The molecule has 0 radical (unpaired) electrons. The predicted molar refractivity (Wildman–Crippen MR) is 64.6 cm³/mol. The van der Waals surface area contributed by atoms with E-state index in [2.05, 4.69) is 10.00 Å². The fraction of sp³-hybridized carbons (Fsp3) is 0.750. The fourth-order valence-electron chi connectivity index (χ4n) is 2.37. The second-order valence-electron chi connectivity index (χ2n) is 4.38. The van der Waals surface area contributed by atoms with Gasteiger partial charge in [0.15, 0.2) is 0 Å². The van der Waals surface area contributed by atoms with Crippen LogP contribution in [0, 0.1) is 0 Å². The van der Waals surface area contributed by atoms with Crippen LogP contribution >= 0.6 is 0 Å². The van der Waals surface area contributed by atoms with Gasteiger partial charge in [-0.25, -0.2) is 0 Å². The minimum atomic E-state index is 0.219. The van der Waals surface area contributed by atoms with Crippen molar-refractivity contribution in [1.29, 1.82) is 0 Å². The largest absolute Gasteiger partial charge is 0.395 e. The fourth-order valence-corrected chi connectivity index (χ4v) is 2.37. The van der Waals surface area contributed by atoms with E-state index in [4.69, 9.17) is 9.84 Å². The lowest BCUT2D eigenvalue weighted by Crippen LogP contribution is -2.33. The number of fused-ring (bicyclic) bond motifs is 1. The molecule has 5 nitrogen and oxygen atoms in total. The number of ether oxygens (including phenoxy) is 1. The van der Waals surface area contributed by atoms with Gasteiger partial charge in [0.2, 0.25) is 0 Å². The van der Waals surface area contributed by atoms with Crippen LogP contribution in [0.2, 0.25) is 0 Å². The molecule has 1 aromatic heterocycles. The highest BCUT2D eigenvalue weighted by Gasteiger charge is 2.23. The lowest BCUT2D eigenvalue weighted by atomic mass is 10.1. The van der Waals surface area contributed by atoms with E-state index in [-0.39, 0.29) is 6.61 Å². The maximum atomic E-state index is 9.00. The molecule has 0 amide bonds. The molecule has 2 heterocycles. The molecular formula is C12H21N3O2. The van der Waals surface area contributed by atoms with Crippen LogP contribution in [-0.4, -0.2) is 46.1 Å². The Morgan fingerprint density at radius 1 is 1.47 bits per heavy atom. The molecule has 1 aromatic rings. The van der Waals surface area contributed by atoms with Crippen LogP contribution in [0.1, 0.15) is 23.9 Å². The Morgan fingerprint density at radius 2 is 2.29 bits per heavy atom. The van der Waals surface area contributed by atoms with Crippen LogP contribution in [0.15, 0.2) is 0 Å². The smallest absolute Gasteiger partial charge is 0.0929 e.